The van der Waals surface area contributed by atoms with Gasteiger partial charge in [0.05, 0.1) is 6.42 Å². The highest BCUT2D eigenvalue weighted by Crippen LogP contribution is 2.16. The second kappa shape index (κ2) is 6.78. The highest BCUT2D eigenvalue weighted by Gasteiger charge is 2.28. The Morgan fingerprint density at radius 2 is 2.06 bits per heavy atom. The molecule has 16 heavy (non-hydrogen) atoms. The van der Waals surface area contributed by atoms with E-state index in [1.807, 2.05) is 20.1 Å². The van der Waals surface area contributed by atoms with Gasteiger partial charge < -0.3 is 10.4 Å². The molecule has 0 saturated heterocycles. The molecule has 0 aliphatic rings. The van der Waals surface area contributed by atoms with Crippen LogP contribution in [0.5, 0.6) is 0 Å². The van der Waals surface area contributed by atoms with E-state index in [2.05, 4.69) is 5.32 Å². The number of hydrogen-bond acceptors (Lipinski definition) is 3. The predicted octanol–water partition coefficient (Wildman–Crippen LogP) is 1.75. The third-order valence-corrected chi connectivity index (χ3v) is 3.44. The Hall–Kier alpha value is -0.710. The van der Waals surface area contributed by atoms with Gasteiger partial charge >= 0.3 is 5.97 Å². The molecule has 0 rings (SSSR count). The summed E-state index contributed by atoms with van der Waals surface area (Å²) in [7, 11) is 0. The fourth-order valence-electron chi connectivity index (χ4n) is 1.34. The fraction of sp³-hybridized carbons (Fsp3) is 0.818. The molecule has 0 aromatic rings. The summed E-state index contributed by atoms with van der Waals surface area (Å²) in [5, 5.41) is 11.6. The second-order valence-electron chi connectivity index (χ2n) is 4.33. The van der Waals surface area contributed by atoms with E-state index in [0.29, 0.717) is 6.42 Å². The number of carboxylic acids is 1. The quantitative estimate of drug-likeness (QED) is 0.719. The molecule has 1 amide bonds. The topological polar surface area (TPSA) is 66.4 Å². The van der Waals surface area contributed by atoms with Crippen LogP contribution in [-0.2, 0) is 9.59 Å². The van der Waals surface area contributed by atoms with Gasteiger partial charge in [0.2, 0.25) is 5.91 Å². The average Bonchev–Trinajstić information content (AvgIpc) is 2.16. The lowest BCUT2D eigenvalue weighted by Crippen LogP contribution is -2.49. The average molecular weight is 247 g/mol. The molecule has 94 valence electrons. The van der Waals surface area contributed by atoms with Crippen LogP contribution in [0, 0.1) is 5.92 Å². The van der Waals surface area contributed by atoms with E-state index in [0.717, 1.165) is 5.75 Å². The first-order chi connectivity index (χ1) is 7.34. The Morgan fingerprint density at radius 1 is 1.50 bits per heavy atom. The zero-order valence-electron chi connectivity index (χ0n) is 10.4. The first kappa shape index (κ1) is 15.3. The smallest absolute Gasteiger partial charge is 0.305 e. The Labute approximate surface area is 101 Å². The number of rotatable bonds is 7. The molecule has 0 aromatic heterocycles. The van der Waals surface area contributed by atoms with Crippen molar-refractivity contribution in [2.75, 3.05) is 12.0 Å². The fourth-order valence-corrected chi connectivity index (χ4v) is 1.99. The Balaban J connectivity index is 4.41. The van der Waals surface area contributed by atoms with Gasteiger partial charge in [0.25, 0.3) is 0 Å². The lowest BCUT2D eigenvalue weighted by Gasteiger charge is -2.29. The van der Waals surface area contributed by atoms with Crippen LogP contribution in [0.4, 0.5) is 0 Å². The van der Waals surface area contributed by atoms with Crippen LogP contribution < -0.4 is 5.32 Å². The number of carboxylic acid groups (broad SMARTS) is 1. The molecular weight excluding hydrogens is 226 g/mol. The van der Waals surface area contributed by atoms with Crippen LogP contribution in [0.2, 0.25) is 0 Å². The minimum atomic E-state index is -0.887. The van der Waals surface area contributed by atoms with Crippen LogP contribution in [0.3, 0.4) is 0 Å². The summed E-state index contributed by atoms with van der Waals surface area (Å²) in [5.74, 6) is -0.296. The summed E-state index contributed by atoms with van der Waals surface area (Å²) in [6.45, 7) is 5.50. The Bertz CT molecular complexity index is 258. The molecular formula is C11H21NO3S. The molecule has 5 heteroatoms. The standard InChI is InChI=1S/C11H21NO3S/c1-5-11(3,6-9(13)14)12-10(15)8(2)7-16-4/h8H,5-7H2,1-4H3,(H,12,15)(H,13,14). The number of thioether (sulfide) groups is 1. The van der Waals surface area contributed by atoms with E-state index in [1.165, 1.54) is 0 Å². The van der Waals surface area contributed by atoms with Crippen LogP contribution >= 0.6 is 11.8 Å². The van der Waals surface area contributed by atoms with Crippen LogP contribution in [-0.4, -0.2) is 34.5 Å². The van der Waals surface area contributed by atoms with Crippen molar-refractivity contribution in [3.05, 3.63) is 0 Å². The summed E-state index contributed by atoms with van der Waals surface area (Å²) >= 11 is 1.61. The molecule has 2 atom stereocenters. The third kappa shape index (κ3) is 5.39. The normalized spacial score (nSPS) is 16.2. The lowest BCUT2D eigenvalue weighted by molar-refractivity contribution is -0.139. The summed E-state index contributed by atoms with van der Waals surface area (Å²) in [5.41, 5.74) is -0.643. The van der Waals surface area contributed by atoms with E-state index in [9.17, 15) is 9.59 Å². The molecule has 2 N–H and O–H groups in total. The zero-order chi connectivity index (χ0) is 12.8. The zero-order valence-corrected chi connectivity index (χ0v) is 11.2. The van der Waals surface area contributed by atoms with Crippen molar-refractivity contribution in [3.63, 3.8) is 0 Å². The second-order valence-corrected chi connectivity index (χ2v) is 5.24. The monoisotopic (exact) mass is 247 g/mol. The summed E-state index contributed by atoms with van der Waals surface area (Å²) in [6, 6.07) is 0. The van der Waals surface area contributed by atoms with Gasteiger partial charge in [0.15, 0.2) is 0 Å². The van der Waals surface area contributed by atoms with Gasteiger partial charge in [0, 0.05) is 17.2 Å². The molecule has 2 unspecified atom stereocenters. The van der Waals surface area contributed by atoms with Gasteiger partial charge in [-0.3, -0.25) is 9.59 Å². The maximum absolute atomic E-state index is 11.8. The number of hydrogen-bond donors (Lipinski definition) is 2. The summed E-state index contributed by atoms with van der Waals surface area (Å²) < 4.78 is 0. The minimum Gasteiger partial charge on any atom is -0.481 e. The first-order valence-corrected chi connectivity index (χ1v) is 6.76. The van der Waals surface area contributed by atoms with Gasteiger partial charge in [0.1, 0.15) is 0 Å². The third-order valence-electron chi connectivity index (χ3n) is 2.61. The molecule has 0 radical (unpaired) electrons. The van der Waals surface area contributed by atoms with Gasteiger partial charge in [-0.05, 0) is 19.6 Å². The molecule has 0 saturated carbocycles. The van der Waals surface area contributed by atoms with E-state index >= 15 is 0 Å². The van der Waals surface area contributed by atoms with Crippen LogP contribution in [0.1, 0.15) is 33.6 Å². The van der Waals surface area contributed by atoms with Gasteiger partial charge in [-0.15, -0.1) is 0 Å². The van der Waals surface area contributed by atoms with Gasteiger partial charge in [-0.25, -0.2) is 0 Å². The van der Waals surface area contributed by atoms with Crippen molar-refractivity contribution < 1.29 is 14.7 Å². The van der Waals surface area contributed by atoms with Crippen molar-refractivity contribution in [3.8, 4) is 0 Å². The first-order valence-electron chi connectivity index (χ1n) is 5.37. The van der Waals surface area contributed by atoms with E-state index < -0.39 is 11.5 Å². The summed E-state index contributed by atoms with van der Waals surface area (Å²) in [6.07, 6.45) is 2.51. The largest absolute Gasteiger partial charge is 0.481 e. The maximum atomic E-state index is 11.8. The highest BCUT2D eigenvalue weighted by atomic mass is 32.2. The molecule has 0 heterocycles. The van der Waals surface area contributed by atoms with Crippen LogP contribution in [0.25, 0.3) is 0 Å². The lowest BCUT2D eigenvalue weighted by atomic mass is 9.93. The molecule has 0 aromatic carbocycles. The number of amides is 1. The molecule has 0 fully saturated rings. The number of nitrogens with one attached hydrogen (secondary N) is 1. The van der Waals surface area contributed by atoms with E-state index in [-0.39, 0.29) is 18.2 Å². The van der Waals surface area contributed by atoms with Crippen molar-refractivity contribution in [2.24, 2.45) is 5.92 Å². The number of aliphatic carboxylic acids is 1. The van der Waals surface area contributed by atoms with Gasteiger partial charge in [-0.2, -0.15) is 11.8 Å². The molecule has 0 spiro atoms. The van der Waals surface area contributed by atoms with Crippen molar-refractivity contribution in [2.45, 2.75) is 39.2 Å². The van der Waals surface area contributed by atoms with Crippen molar-refractivity contribution >= 4 is 23.6 Å². The Kier molecular flexibility index (Phi) is 6.48. The number of carbonyl (C=O) groups excluding carboxylic acids is 1. The van der Waals surface area contributed by atoms with E-state index in [4.69, 9.17) is 5.11 Å². The predicted molar refractivity (Wildman–Crippen MR) is 66.6 cm³/mol. The minimum absolute atomic E-state index is 0.0404. The van der Waals surface area contributed by atoms with Crippen molar-refractivity contribution in [1.82, 2.24) is 5.32 Å². The molecule has 0 aliphatic heterocycles. The highest BCUT2D eigenvalue weighted by molar-refractivity contribution is 7.98. The maximum Gasteiger partial charge on any atom is 0.305 e. The van der Waals surface area contributed by atoms with Gasteiger partial charge in [-0.1, -0.05) is 13.8 Å². The molecule has 0 bridgehead atoms. The van der Waals surface area contributed by atoms with Crippen molar-refractivity contribution in [1.29, 1.82) is 0 Å². The van der Waals surface area contributed by atoms with E-state index in [1.54, 1.807) is 18.7 Å². The molecule has 0 aliphatic carbocycles. The Morgan fingerprint density at radius 3 is 2.44 bits per heavy atom. The van der Waals surface area contributed by atoms with Crippen LogP contribution in [0.15, 0.2) is 0 Å². The number of carbonyl (C=O) groups is 2. The SMILES string of the molecule is CCC(C)(CC(=O)O)NC(=O)C(C)CSC. The summed E-state index contributed by atoms with van der Waals surface area (Å²) in [4.78, 5) is 22.5. The molecule has 4 nitrogen and oxygen atoms in total.